The van der Waals surface area contributed by atoms with Gasteiger partial charge in [-0.1, -0.05) is 22.0 Å². The highest BCUT2D eigenvalue weighted by Crippen LogP contribution is 2.32. The van der Waals surface area contributed by atoms with E-state index in [0.717, 1.165) is 5.56 Å². The monoisotopic (exact) mass is 499 g/mol. The fourth-order valence-corrected chi connectivity index (χ4v) is 4.96. The van der Waals surface area contributed by atoms with Crippen LogP contribution in [0, 0.1) is 12.7 Å². The van der Waals surface area contributed by atoms with Crippen molar-refractivity contribution in [3.05, 3.63) is 55.1 Å². The number of para-hydroxylation sites is 1. The van der Waals surface area contributed by atoms with Crippen molar-refractivity contribution in [2.75, 3.05) is 4.72 Å². The lowest BCUT2D eigenvalue weighted by molar-refractivity contribution is 0.598. The van der Waals surface area contributed by atoms with Crippen LogP contribution in [0.4, 0.5) is 10.1 Å². The van der Waals surface area contributed by atoms with E-state index in [-0.39, 0.29) is 10.6 Å². The third-order valence-electron chi connectivity index (χ3n) is 2.70. The highest BCUT2D eigenvalue weighted by molar-refractivity contribution is 9.11. The lowest BCUT2D eigenvalue weighted by Gasteiger charge is -2.13. The number of nitrogens with one attached hydrogen (secondary N) is 1. The second-order valence-corrected chi connectivity index (χ2v) is 8.45. The zero-order valence-electron chi connectivity index (χ0n) is 10.6. The molecular formula is C13H9Br3FNO2S. The summed E-state index contributed by atoms with van der Waals surface area (Å²) in [7, 11) is -3.93. The summed E-state index contributed by atoms with van der Waals surface area (Å²) in [5.41, 5.74) is 0.758. The predicted molar refractivity (Wildman–Crippen MR) is 91.5 cm³/mol. The molecule has 0 saturated heterocycles. The van der Waals surface area contributed by atoms with E-state index in [1.54, 1.807) is 12.1 Å². The minimum absolute atomic E-state index is 0.0233. The van der Waals surface area contributed by atoms with Crippen molar-refractivity contribution in [2.45, 2.75) is 11.8 Å². The summed E-state index contributed by atoms with van der Waals surface area (Å²) in [6, 6.07) is 7.37. The maximum Gasteiger partial charge on any atom is 0.263 e. The number of hydrogen-bond donors (Lipinski definition) is 1. The van der Waals surface area contributed by atoms with Gasteiger partial charge in [-0.3, -0.25) is 4.72 Å². The molecule has 8 heteroatoms. The molecule has 0 fully saturated rings. The molecule has 3 nitrogen and oxygen atoms in total. The van der Waals surface area contributed by atoms with Crippen LogP contribution in [0.3, 0.4) is 0 Å². The van der Waals surface area contributed by atoms with Gasteiger partial charge in [0.15, 0.2) is 0 Å². The number of anilines is 1. The van der Waals surface area contributed by atoms with Crippen molar-refractivity contribution >= 4 is 63.5 Å². The van der Waals surface area contributed by atoms with Gasteiger partial charge in [0.05, 0.1) is 5.69 Å². The molecule has 112 valence electrons. The van der Waals surface area contributed by atoms with E-state index in [2.05, 4.69) is 52.5 Å². The van der Waals surface area contributed by atoms with Gasteiger partial charge in [0.1, 0.15) is 10.7 Å². The van der Waals surface area contributed by atoms with Gasteiger partial charge in [-0.05, 0) is 68.6 Å². The zero-order valence-corrected chi connectivity index (χ0v) is 16.2. The Bertz CT molecular complexity index is 789. The zero-order chi connectivity index (χ0) is 15.8. The molecular weight excluding hydrogens is 493 g/mol. The first-order valence-corrected chi connectivity index (χ1v) is 9.51. The van der Waals surface area contributed by atoms with Crippen LogP contribution in [0.15, 0.2) is 48.6 Å². The third kappa shape index (κ3) is 3.67. The number of rotatable bonds is 3. The molecule has 2 aromatic rings. The second-order valence-electron chi connectivity index (χ2n) is 4.23. The Morgan fingerprint density at radius 3 is 2.33 bits per heavy atom. The average Bonchev–Trinajstić information content (AvgIpc) is 2.38. The Kier molecular flexibility index (Phi) is 5.12. The summed E-state index contributed by atoms with van der Waals surface area (Å²) in [4.78, 5) is 0.0233. The van der Waals surface area contributed by atoms with Crippen LogP contribution in [0.2, 0.25) is 0 Å². The molecule has 1 N–H and O–H groups in total. The van der Waals surface area contributed by atoms with Crippen LogP contribution < -0.4 is 4.72 Å². The minimum Gasteiger partial charge on any atom is -0.275 e. The molecule has 0 spiro atoms. The molecule has 0 unspecified atom stereocenters. The highest BCUT2D eigenvalue weighted by Gasteiger charge is 2.21. The lowest BCUT2D eigenvalue weighted by Crippen LogP contribution is -2.15. The van der Waals surface area contributed by atoms with Crippen LogP contribution >= 0.6 is 47.8 Å². The van der Waals surface area contributed by atoms with Crippen LogP contribution in [0.1, 0.15) is 5.56 Å². The Balaban J connectivity index is 2.51. The molecule has 0 aliphatic heterocycles. The molecule has 0 saturated carbocycles. The molecule has 0 radical (unpaired) electrons. The Labute approximate surface area is 147 Å². The van der Waals surface area contributed by atoms with Gasteiger partial charge in [-0.2, -0.15) is 0 Å². The van der Waals surface area contributed by atoms with E-state index >= 15 is 0 Å². The largest absolute Gasteiger partial charge is 0.275 e. The molecule has 0 amide bonds. The van der Waals surface area contributed by atoms with Gasteiger partial charge in [0.25, 0.3) is 10.0 Å². The average molecular weight is 502 g/mol. The number of benzene rings is 2. The SMILES string of the molecule is Cc1cc(Br)c(S(=O)(=O)Nc2c(F)cccc2Br)cc1Br. The van der Waals surface area contributed by atoms with Crippen molar-refractivity contribution in [3.8, 4) is 0 Å². The summed E-state index contributed by atoms with van der Waals surface area (Å²) in [6.45, 7) is 1.84. The van der Waals surface area contributed by atoms with E-state index in [4.69, 9.17) is 0 Å². The molecule has 21 heavy (non-hydrogen) atoms. The summed E-state index contributed by atoms with van der Waals surface area (Å²) >= 11 is 9.64. The van der Waals surface area contributed by atoms with Gasteiger partial charge in [0, 0.05) is 13.4 Å². The van der Waals surface area contributed by atoms with E-state index in [0.29, 0.717) is 13.4 Å². The van der Waals surface area contributed by atoms with E-state index in [1.807, 2.05) is 6.92 Å². The first kappa shape index (κ1) is 16.9. The standard InChI is InChI=1S/C13H9Br3FNO2S/c1-7-5-10(16)12(6-9(7)15)21(19,20)18-13-8(14)3-2-4-11(13)17/h2-6,18H,1H3. The summed E-state index contributed by atoms with van der Waals surface area (Å²) in [5, 5.41) is 0. The first-order valence-electron chi connectivity index (χ1n) is 5.65. The number of aryl methyl sites for hydroxylation is 1. The van der Waals surface area contributed by atoms with Gasteiger partial charge < -0.3 is 0 Å². The molecule has 0 aromatic heterocycles. The van der Waals surface area contributed by atoms with Gasteiger partial charge in [-0.25, -0.2) is 12.8 Å². The number of hydrogen-bond acceptors (Lipinski definition) is 2. The molecule has 0 heterocycles. The Hall–Kier alpha value is -0.440. The lowest BCUT2D eigenvalue weighted by atomic mass is 10.2. The number of sulfonamides is 1. The van der Waals surface area contributed by atoms with E-state index < -0.39 is 15.8 Å². The van der Waals surface area contributed by atoms with Gasteiger partial charge >= 0.3 is 0 Å². The third-order valence-corrected chi connectivity index (χ3v) is 6.53. The quantitative estimate of drug-likeness (QED) is 0.626. The van der Waals surface area contributed by atoms with E-state index in [9.17, 15) is 12.8 Å². The molecule has 0 bridgehead atoms. The molecule has 0 aliphatic rings. The minimum atomic E-state index is -3.93. The fourth-order valence-electron chi connectivity index (χ4n) is 1.62. The maximum atomic E-state index is 13.8. The predicted octanol–water partition coefficient (Wildman–Crippen LogP) is 5.22. The van der Waals surface area contributed by atoms with Crippen molar-refractivity contribution in [2.24, 2.45) is 0 Å². The Morgan fingerprint density at radius 2 is 1.71 bits per heavy atom. The highest BCUT2D eigenvalue weighted by atomic mass is 79.9. The van der Waals surface area contributed by atoms with Crippen molar-refractivity contribution in [3.63, 3.8) is 0 Å². The topological polar surface area (TPSA) is 46.2 Å². The molecule has 2 aromatic carbocycles. The van der Waals surface area contributed by atoms with Crippen molar-refractivity contribution in [1.29, 1.82) is 0 Å². The van der Waals surface area contributed by atoms with Crippen LogP contribution in [0.5, 0.6) is 0 Å². The number of halogens is 4. The fraction of sp³-hybridized carbons (Fsp3) is 0.0769. The van der Waals surface area contributed by atoms with Gasteiger partial charge in [0.2, 0.25) is 0 Å². The normalized spacial score (nSPS) is 11.5. The smallest absolute Gasteiger partial charge is 0.263 e. The summed E-state index contributed by atoms with van der Waals surface area (Å²) in [6.07, 6.45) is 0. The second kappa shape index (κ2) is 6.36. The van der Waals surface area contributed by atoms with Crippen molar-refractivity contribution in [1.82, 2.24) is 0 Å². The first-order chi connectivity index (χ1) is 9.72. The van der Waals surface area contributed by atoms with Crippen LogP contribution in [-0.2, 0) is 10.0 Å². The summed E-state index contributed by atoms with van der Waals surface area (Å²) in [5.74, 6) is -0.657. The van der Waals surface area contributed by atoms with Gasteiger partial charge in [-0.15, -0.1) is 0 Å². The molecule has 2 rings (SSSR count). The molecule has 0 aliphatic carbocycles. The van der Waals surface area contributed by atoms with Crippen molar-refractivity contribution < 1.29 is 12.8 Å². The molecule has 0 atom stereocenters. The summed E-state index contributed by atoms with van der Waals surface area (Å²) < 4.78 is 42.3. The van der Waals surface area contributed by atoms with Crippen LogP contribution in [0.25, 0.3) is 0 Å². The van der Waals surface area contributed by atoms with E-state index in [1.165, 1.54) is 18.2 Å². The maximum absolute atomic E-state index is 13.8. The Morgan fingerprint density at radius 1 is 1.05 bits per heavy atom. The van der Waals surface area contributed by atoms with Crippen LogP contribution in [-0.4, -0.2) is 8.42 Å².